The van der Waals surface area contributed by atoms with Crippen LogP contribution in [0.3, 0.4) is 0 Å². The number of hydrogen-bond acceptors (Lipinski definition) is 3. The number of nitrogens with zero attached hydrogens (tertiary/aromatic N) is 1. The van der Waals surface area contributed by atoms with Crippen LogP contribution >= 0.6 is 0 Å². The highest BCUT2D eigenvalue weighted by Crippen LogP contribution is 2.41. The number of carbonyl (C=O) groups excluding carboxylic acids is 1. The summed E-state index contributed by atoms with van der Waals surface area (Å²) in [4.78, 5) is 29.9. The zero-order chi connectivity index (χ0) is 19.8. The third-order valence-corrected chi connectivity index (χ3v) is 6.19. The third kappa shape index (κ3) is 3.29. The van der Waals surface area contributed by atoms with Crippen molar-refractivity contribution in [2.75, 3.05) is 25.1 Å². The van der Waals surface area contributed by atoms with E-state index >= 15 is 0 Å². The quantitative estimate of drug-likeness (QED) is 0.704. The van der Waals surface area contributed by atoms with Crippen LogP contribution in [0.25, 0.3) is 10.8 Å². The second kappa shape index (κ2) is 7.37. The molecule has 2 saturated heterocycles. The molecule has 1 aromatic heterocycles. The van der Waals surface area contributed by atoms with Crippen LogP contribution in [0, 0.1) is 5.92 Å². The number of benzene rings is 2. The Kier molecular flexibility index (Phi) is 4.56. The van der Waals surface area contributed by atoms with Gasteiger partial charge in [0.15, 0.2) is 0 Å². The smallest absolute Gasteiger partial charge is 0.322 e. The van der Waals surface area contributed by atoms with Gasteiger partial charge in [-0.2, -0.15) is 0 Å². The average molecular weight is 389 g/mol. The SMILES string of the molecule is O=C(Nc1ccc2cc[nH]c(=O)c2c1)N1CC(c2ccccc2)C2COCCC21. The number of pyridine rings is 1. The molecule has 3 aromatic rings. The minimum Gasteiger partial charge on any atom is -0.381 e. The lowest BCUT2D eigenvalue weighted by Crippen LogP contribution is -2.43. The number of hydrogen-bond donors (Lipinski definition) is 2. The van der Waals surface area contributed by atoms with Crippen molar-refractivity contribution >= 4 is 22.5 Å². The Labute approximate surface area is 168 Å². The summed E-state index contributed by atoms with van der Waals surface area (Å²) in [5.74, 6) is 0.572. The van der Waals surface area contributed by atoms with Gasteiger partial charge in [0, 0.05) is 48.3 Å². The number of rotatable bonds is 2. The number of anilines is 1. The van der Waals surface area contributed by atoms with Gasteiger partial charge in [0.25, 0.3) is 5.56 Å². The highest BCUT2D eigenvalue weighted by Gasteiger charge is 2.45. The van der Waals surface area contributed by atoms with E-state index in [-0.39, 0.29) is 23.6 Å². The minimum atomic E-state index is -0.159. The molecule has 2 fully saturated rings. The number of aromatic nitrogens is 1. The summed E-state index contributed by atoms with van der Waals surface area (Å²) in [6, 6.07) is 17.7. The Morgan fingerprint density at radius 1 is 1.14 bits per heavy atom. The Morgan fingerprint density at radius 2 is 2.00 bits per heavy atom. The largest absolute Gasteiger partial charge is 0.381 e. The van der Waals surface area contributed by atoms with E-state index in [0.717, 1.165) is 11.8 Å². The first-order chi connectivity index (χ1) is 14.2. The van der Waals surface area contributed by atoms with Crippen LogP contribution in [0.4, 0.5) is 10.5 Å². The van der Waals surface area contributed by atoms with Crippen molar-refractivity contribution in [3.05, 3.63) is 76.7 Å². The summed E-state index contributed by atoms with van der Waals surface area (Å²) in [6.07, 6.45) is 2.47. The predicted octanol–water partition coefficient (Wildman–Crippen LogP) is 3.56. The topological polar surface area (TPSA) is 74.4 Å². The van der Waals surface area contributed by atoms with Gasteiger partial charge in [-0.25, -0.2) is 4.79 Å². The van der Waals surface area contributed by atoms with E-state index in [4.69, 9.17) is 4.74 Å². The molecule has 2 N–H and O–H groups in total. The first-order valence-corrected chi connectivity index (χ1v) is 10.0. The van der Waals surface area contributed by atoms with Gasteiger partial charge < -0.3 is 19.9 Å². The minimum absolute atomic E-state index is 0.118. The molecule has 2 aliphatic heterocycles. The zero-order valence-electron chi connectivity index (χ0n) is 16.0. The Hall–Kier alpha value is -3.12. The van der Waals surface area contributed by atoms with Crippen LogP contribution in [0.15, 0.2) is 65.6 Å². The summed E-state index contributed by atoms with van der Waals surface area (Å²) in [5.41, 5.74) is 1.72. The number of likely N-dealkylation sites (tertiary alicyclic amines) is 1. The standard InChI is InChI=1S/C23H23N3O3/c27-22-18-12-17(7-6-16(18)8-10-24-22)25-23(28)26-13-19(15-4-2-1-3-5-15)20-14-29-11-9-21(20)26/h1-8,10,12,19-21H,9,11,13-14H2,(H,24,27)(H,25,28). The molecule has 2 aromatic carbocycles. The van der Waals surface area contributed by atoms with Crippen LogP contribution in [0.5, 0.6) is 0 Å². The summed E-state index contributed by atoms with van der Waals surface area (Å²) >= 11 is 0. The molecule has 3 unspecified atom stereocenters. The lowest BCUT2D eigenvalue weighted by Gasteiger charge is -2.32. The molecule has 0 spiro atoms. The molecule has 0 radical (unpaired) electrons. The maximum Gasteiger partial charge on any atom is 0.322 e. The van der Waals surface area contributed by atoms with Gasteiger partial charge in [0.1, 0.15) is 0 Å². The number of amides is 2. The number of urea groups is 1. The number of aromatic amines is 1. The molecule has 0 aliphatic carbocycles. The first-order valence-electron chi connectivity index (χ1n) is 10.0. The summed E-state index contributed by atoms with van der Waals surface area (Å²) < 4.78 is 5.75. The first kappa shape index (κ1) is 17.9. The molecular formula is C23H23N3O3. The fourth-order valence-electron chi connectivity index (χ4n) is 4.75. The van der Waals surface area contributed by atoms with Crippen molar-refractivity contribution in [2.45, 2.75) is 18.4 Å². The molecule has 0 bridgehead atoms. The number of H-pyrrole nitrogens is 1. The van der Waals surface area contributed by atoms with Crippen molar-refractivity contribution < 1.29 is 9.53 Å². The Morgan fingerprint density at radius 3 is 2.86 bits per heavy atom. The molecule has 6 heteroatoms. The van der Waals surface area contributed by atoms with Gasteiger partial charge >= 0.3 is 6.03 Å². The molecule has 6 nitrogen and oxygen atoms in total. The maximum absolute atomic E-state index is 13.2. The molecule has 2 aliphatic rings. The number of ether oxygens (including phenoxy) is 1. The third-order valence-electron chi connectivity index (χ3n) is 6.19. The van der Waals surface area contributed by atoms with Gasteiger partial charge in [-0.15, -0.1) is 0 Å². The van der Waals surface area contributed by atoms with Crippen molar-refractivity contribution in [3.63, 3.8) is 0 Å². The molecule has 0 saturated carbocycles. The molecule has 5 rings (SSSR count). The van der Waals surface area contributed by atoms with Crippen molar-refractivity contribution in [3.8, 4) is 0 Å². The predicted molar refractivity (Wildman–Crippen MR) is 112 cm³/mol. The van der Waals surface area contributed by atoms with E-state index in [2.05, 4.69) is 22.4 Å². The van der Waals surface area contributed by atoms with E-state index in [0.29, 0.717) is 36.8 Å². The normalized spacial score (nSPS) is 23.7. The Bertz CT molecular complexity index is 1100. The fraction of sp³-hybridized carbons (Fsp3) is 0.304. The van der Waals surface area contributed by atoms with Crippen LogP contribution in [-0.2, 0) is 4.74 Å². The van der Waals surface area contributed by atoms with Crippen LogP contribution in [0.1, 0.15) is 17.9 Å². The van der Waals surface area contributed by atoms with E-state index in [9.17, 15) is 9.59 Å². The number of carbonyl (C=O) groups is 1. The van der Waals surface area contributed by atoms with Crippen LogP contribution in [0.2, 0.25) is 0 Å². The second-order valence-electron chi connectivity index (χ2n) is 7.80. The Balaban J connectivity index is 1.40. The van der Waals surface area contributed by atoms with E-state index in [1.165, 1.54) is 5.56 Å². The molecule has 2 amide bonds. The fourth-order valence-corrected chi connectivity index (χ4v) is 4.75. The zero-order valence-corrected chi connectivity index (χ0v) is 16.0. The lowest BCUT2D eigenvalue weighted by atomic mass is 9.84. The van der Waals surface area contributed by atoms with Gasteiger partial charge in [0.05, 0.1) is 6.61 Å². The molecular weight excluding hydrogens is 366 g/mol. The molecule has 29 heavy (non-hydrogen) atoms. The van der Waals surface area contributed by atoms with Crippen molar-refractivity contribution in [1.82, 2.24) is 9.88 Å². The summed E-state index contributed by atoms with van der Waals surface area (Å²) in [7, 11) is 0. The highest BCUT2D eigenvalue weighted by atomic mass is 16.5. The molecule has 3 heterocycles. The van der Waals surface area contributed by atoms with Crippen molar-refractivity contribution in [2.24, 2.45) is 5.92 Å². The van der Waals surface area contributed by atoms with E-state index in [1.807, 2.05) is 41.3 Å². The van der Waals surface area contributed by atoms with Crippen molar-refractivity contribution in [1.29, 1.82) is 0 Å². The van der Waals surface area contributed by atoms with Gasteiger partial charge in [0.2, 0.25) is 0 Å². The van der Waals surface area contributed by atoms with Crippen LogP contribution in [-0.4, -0.2) is 41.7 Å². The average Bonchev–Trinajstić information content (AvgIpc) is 3.15. The molecule has 3 atom stereocenters. The summed E-state index contributed by atoms with van der Waals surface area (Å²) in [5, 5.41) is 4.42. The van der Waals surface area contributed by atoms with Gasteiger partial charge in [-0.1, -0.05) is 36.4 Å². The maximum atomic E-state index is 13.2. The monoisotopic (exact) mass is 389 g/mol. The van der Waals surface area contributed by atoms with E-state index in [1.54, 1.807) is 12.3 Å². The van der Waals surface area contributed by atoms with Crippen LogP contribution < -0.4 is 10.9 Å². The lowest BCUT2D eigenvalue weighted by molar-refractivity contribution is 0.0272. The van der Waals surface area contributed by atoms with Gasteiger partial charge in [-0.05, 0) is 35.6 Å². The second-order valence-corrected chi connectivity index (χ2v) is 7.80. The number of fused-ring (bicyclic) bond motifs is 2. The van der Waals surface area contributed by atoms with E-state index < -0.39 is 0 Å². The molecule has 148 valence electrons. The van der Waals surface area contributed by atoms with Gasteiger partial charge in [-0.3, -0.25) is 4.79 Å². The number of nitrogens with one attached hydrogen (secondary N) is 2. The highest BCUT2D eigenvalue weighted by molar-refractivity contribution is 5.93. The summed E-state index contributed by atoms with van der Waals surface area (Å²) in [6.45, 7) is 2.03.